The van der Waals surface area contributed by atoms with Crippen LogP contribution in [0.5, 0.6) is 0 Å². The molecule has 6 heteroatoms. The summed E-state index contributed by atoms with van der Waals surface area (Å²) in [6, 6.07) is 1.86. The molecule has 0 radical (unpaired) electrons. The Morgan fingerprint density at radius 2 is 2.29 bits per heavy atom. The molecule has 17 heavy (non-hydrogen) atoms. The van der Waals surface area contributed by atoms with Gasteiger partial charge in [-0.05, 0) is 12.8 Å². The van der Waals surface area contributed by atoms with E-state index in [9.17, 15) is 5.11 Å². The fraction of sp³-hybridized carbons (Fsp3) is 0.636. The normalized spacial score (nSPS) is 16.9. The average Bonchev–Trinajstić information content (AvgIpc) is 3.19. The first-order chi connectivity index (χ1) is 8.22. The summed E-state index contributed by atoms with van der Waals surface area (Å²) in [6.07, 6.45) is 1.63. The van der Waals surface area contributed by atoms with Crippen molar-refractivity contribution in [1.82, 2.24) is 9.97 Å². The van der Waals surface area contributed by atoms with Crippen LogP contribution in [0.3, 0.4) is 0 Å². The molecule has 5 nitrogen and oxygen atoms in total. The van der Waals surface area contributed by atoms with Gasteiger partial charge >= 0.3 is 0 Å². The molecule has 3 N–H and O–H groups in total. The van der Waals surface area contributed by atoms with Gasteiger partial charge in [0, 0.05) is 24.8 Å². The Morgan fingerprint density at radius 1 is 1.53 bits per heavy atom. The molecule has 1 aliphatic rings. The van der Waals surface area contributed by atoms with Crippen LogP contribution in [0.4, 0.5) is 5.82 Å². The number of rotatable bonds is 6. The minimum Gasteiger partial charge on any atom is -0.394 e. The number of nitrogens with zero attached hydrogens (tertiary/aromatic N) is 2. The number of nitrogens with one attached hydrogen (secondary N) is 1. The first-order valence-corrected chi connectivity index (χ1v) is 6.70. The van der Waals surface area contributed by atoms with Gasteiger partial charge in [0.1, 0.15) is 16.7 Å². The Hall–Kier alpha value is -0.850. The van der Waals surface area contributed by atoms with Crippen molar-refractivity contribution in [2.24, 2.45) is 0 Å². The maximum atomic E-state index is 9.31. The Balaban J connectivity index is 2.06. The summed E-state index contributed by atoms with van der Waals surface area (Å²) in [6.45, 7) is -0.216. The van der Waals surface area contributed by atoms with Crippen LogP contribution >= 0.6 is 11.8 Å². The van der Waals surface area contributed by atoms with E-state index in [-0.39, 0.29) is 6.61 Å². The van der Waals surface area contributed by atoms with Crippen molar-refractivity contribution in [3.63, 3.8) is 0 Å². The van der Waals surface area contributed by atoms with Crippen molar-refractivity contribution >= 4 is 17.6 Å². The molecule has 1 atom stereocenters. The highest BCUT2D eigenvalue weighted by molar-refractivity contribution is 7.99. The minimum absolute atomic E-state index is 0.216. The molecule has 1 aromatic heterocycles. The van der Waals surface area contributed by atoms with Crippen LogP contribution in [0.2, 0.25) is 0 Å². The number of hydrogen-bond donors (Lipinski definition) is 3. The third-order valence-corrected chi connectivity index (χ3v) is 3.61. The van der Waals surface area contributed by atoms with Gasteiger partial charge in [0.05, 0.1) is 12.7 Å². The van der Waals surface area contributed by atoms with E-state index < -0.39 is 6.10 Å². The maximum Gasteiger partial charge on any atom is 0.135 e. The number of aromatic nitrogens is 2. The van der Waals surface area contributed by atoms with Crippen molar-refractivity contribution in [1.29, 1.82) is 0 Å². The molecule has 1 aromatic rings. The lowest BCUT2D eigenvalue weighted by molar-refractivity contribution is 0.113. The number of aliphatic hydroxyl groups is 2. The highest BCUT2D eigenvalue weighted by atomic mass is 32.2. The van der Waals surface area contributed by atoms with Crippen LogP contribution < -0.4 is 5.32 Å². The van der Waals surface area contributed by atoms with Gasteiger partial charge in [-0.2, -0.15) is 0 Å². The molecule has 1 saturated carbocycles. The second kappa shape index (κ2) is 5.66. The maximum absolute atomic E-state index is 9.31. The van der Waals surface area contributed by atoms with Crippen molar-refractivity contribution in [2.75, 3.05) is 24.7 Å². The third-order valence-electron chi connectivity index (χ3n) is 2.55. The first-order valence-electron chi connectivity index (χ1n) is 5.71. The van der Waals surface area contributed by atoms with E-state index in [1.54, 1.807) is 0 Å². The van der Waals surface area contributed by atoms with E-state index in [2.05, 4.69) is 15.3 Å². The molecule has 0 saturated heterocycles. The second-order valence-electron chi connectivity index (χ2n) is 4.12. The first kappa shape index (κ1) is 12.6. The molecule has 94 valence electrons. The summed E-state index contributed by atoms with van der Waals surface area (Å²) in [5.74, 6) is 2.65. The zero-order valence-electron chi connectivity index (χ0n) is 9.76. The van der Waals surface area contributed by atoms with Crippen molar-refractivity contribution in [3.05, 3.63) is 11.9 Å². The predicted molar refractivity (Wildman–Crippen MR) is 67.4 cm³/mol. The topological polar surface area (TPSA) is 78.3 Å². The number of hydrogen-bond acceptors (Lipinski definition) is 6. The number of thioether (sulfide) groups is 1. The lowest BCUT2D eigenvalue weighted by Crippen LogP contribution is -2.14. The van der Waals surface area contributed by atoms with E-state index in [1.165, 1.54) is 11.8 Å². The number of aliphatic hydroxyl groups excluding tert-OH is 2. The molecule has 2 rings (SSSR count). The quantitative estimate of drug-likeness (QED) is 0.516. The lowest BCUT2D eigenvalue weighted by atomic mass is 10.4. The minimum atomic E-state index is -0.697. The van der Waals surface area contributed by atoms with Gasteiger partial charge in [0.25, 0.3) is 0 Å². The van der Waals surface area contributed by atoms with E-state index >= 15 is 0 Å². The number of anilines is 1. The zero-order chi connectivity index (χ0) is 12.3. The molecule has 1 fully saturated rings. The highest BCUT2D eigenvalue weighted by Crippen LogP contribution is 2.39. The second-order valence-corrected chi connectivity index (χ2v) is 5.16. The van der Waals surface area contributed by atoms with Crippen LogP contribution in [-0.2, 0) is 0 Å². The largest absolute Gasteiger partial charge is 0.394 e. The van der Waals surface area contributed by atoms with Gasteiger partial charge in [-0.15, -0.1) is 11.8 Å². The molecule has 0 spiro atoms. The van der Waals surface area contributed by atoms with Crippen LogP contribution in [0.25, 0.3) is 0 Å². The molecule has 1 aliphatic carbocycles. The van der Waals surface area contributed by atoms with Crippen LogP contribution in [0.15, 0.2) is 11.1 Å². The van der Waals surface area contributed by atoms with Crippen LogP contribution in [0, 0.1) is 0 Å². The summed E-state index contributed by atoms with van der Waals surface area (Å²) < 4.78 is 0. The fourth-order valence-corrected chi connectivity index (χ4v) is 2.22. The zero-order valence-corrected chi connectivity index (χ0v) is 10.6. The Bertz CT molecular complexity index is 385. The van der Waals surface area contributed by atoms with Gasteiger partial charge in [-0.3, -0.25) is 0 Å². The molecule has 1 unspecified atom stereocenters. The van der Waals surface area contributed by atoms with Crippen molar-refractivity contribution in [3.8, 4) is 0 Å². The Kier molecular flexibility index (Phi) is 4.20. The summed E-state index contributed by atoms with van der Waals surface area (Å²) in [5, 5.41) is 21.9. The fourth-order valence-electron chi connectivity index (χ4n) is 1.40. The summed E-state index contributed by atoms with van der Waals surface area (Å²) in [4.78, 5) is 8.88. The van der Waals surface area contributed by atoms with Gasteiger partial charge in [0.15, 0.2) is 0 Å². The SMILES string of the molecule is CNc1cc(SCC(O)CO)nc(C2CC2)n1. The molecule has 0 amide bonds. The van der Waals surface area contributed by atoms with Gasteiger partial charge in [0.2, 0.25) is 0 Å². The summed E-state index contributed by atoms with van der Waals surface area (Å²) >= 11 is 1.44. The smallest absolute Gasteiger partial charge is 0.135 e. The molecular weight excluding hydrogens is 238 g/mol. The van der Waals surface area contributed by atoms with Crippen LogP contribution in [-0.4, -0.2) is 45.7 Å². The molecule has 0 aliphatic heterocycles. The van der Waals surface area contributed by atoms with E-state index in [0.29, 0.717) is 11.7 Å². The summed E-state index contributed by atoms with van der Waals surface area (Å²) in [5.41, 5.74) is 0. The molecule has 1 heterocycles. The van der Waals surface area contributed by atoms with Gasteiger partial charge < -0.3 is 15.5 Å². The molecule has 0 aromatic carbocycles. The van der Waals surface area contributed by atoms with Crippen molar-refractivity contribution in [2.45, 2.75) is 29.9 Å². The predicted octanol–water partition coefficient (Wildman–Crippen LogP) is 0.841. The van der Waals surface area contributed by atoms with E-state index in [1.807, 2.05) is 13.1 Å². The molecular formula is C11H17N3O2S. The highest BCUT2D eigenvalue weighted by Gasteiger charge is 2.27. The van der Waals surface area contributed by atoms with Crippen LogP contribution in [0.1, 0.15) is 24.6 Å². The third kappa shape index (κ3) is 3.55. The van der Waals surface area contributed by atoms with Gasteiger partial charge in [-0.25, -0.2) is 9.97 Å². The van der Waals surface area contributed by atoms with E-state index in [4.69, 9.17) is 5.11 Å². The Morgan fingerprint density at radius 3 is 2.88 bits per heavy atom. The Labute approximate surface area is 105 Å². The standard InChI is InChI=1S/C11H17N3O2S/c1-12-9-4-10(17-6-8(16)5-15)14-11(13-9)7-2-3-7/h4,7-8,15-16H,2-3,5-6H2,1H3,(H,12,13,14). The summed E-state index contributed by atoms with van der Waals surface area (Å²) in [7, 11) is 1.83. The monoisotopic (exact) mass is 255 g/mol. The lowest BCUT2D eigenvalue weighted by Gasteiger charge is -2.09. The van der Waals surface area contributed by atoms with Gasteiger partial charge in [-0.1, -0.05) is 0 Å². The molecule has 0 bridgehead atoms. The average molecular weight is 255 g/mol. The van der Waals surface area contributed by atoms with E-state index in [0.717, 1.165) is 29.5 Å². The van der Waals surface area contributed by atoms with Crippen molar-refractivity contribution < 1.29 is 10.2 Å².